The first-order chi connectivity index (χ1) is 8.31. The quantitative estimate of drug-likeness (QED) is 0.850. The molecule has 1 aliphatic rings. The monoisotopic (exact) mass is 247 g/mol. The summed E-state index contributed by atoms with van der Waals surface area (Å²) in [6.07, 6.45) is 6.38. The van der Waals surface area contributed by atoms with E-state index in [0.29, 0.717) is 11.8 Å². The third kappa shape index (κ3) is 2.21. The molecule has 0 bridgehead atoms. The van der Waals surface area contributed by atoms with E-state index in [1.807, 2.05) is 0 Å². The van der Waals surface area contributed by atoms with Crippen LogP contribution < -0.4 is 11.1 Å². The summed E-state index contributed by atoms with van der Waals surface area (Å²) in [5.41, 5.74) is 6.83. The average molecular weight is 247 g/mol. The molecule has 2 aromatic rings. The van der Waals surface area contributed by atoms with Gasteiger partial charge in [-0.1, -0.05) is 0 Å². The highest BCUT2D eigenvalue weighted by Gasteiger charge is 2.15. The summed E-state index contributed by atoms with van der Waals surface area (Å²) < 4.78 is 0. The van der Waals surface area contributed by atoms with E-state index in [9.17, 15) is 0 Å². The molecule has 88 valence electrons. The van der Waals surface area contributed by atoms with Crippen LogP contribution in [0, 0.1) is 0 Å². The number of fused-ring (bicyclic) bond motifs is 1. The van der Waals surface area contributed by atoms with Crippen molar-refractivity contribution in [2.45, 2.75) is 25.7 Å². The lowest BCUT2D eigenvalue weighted by molar-refractivity contribution is 0.683. The van der Waals surface area contributed by atoms with Gasteiger partial charge >= 0.3 is 0 Å². The van der Waals surface area contributed by atoms with Gasteiger partial charge in [-0.3, -0.25) is 5.32 Å². The number of nitrogens with two attached hydrogens (primary N) is 1. The Labute approximate surface area is 103 Å². The zero-order valence-electron chi connectivity index (χ0n) is 9.31. The fraction of sp³-hybridized carbons (Fsp3) is 0.364. The van der Waals surface area contributed by atoms with E-state index in [-0.39, 0.29) is 0 Å². The second-order valence-electron chi connectivity index (χ2n) is 4.03. The molecule has 0 spiro atoms. The van der Waals surface area contributed by atoms with Crippen LogP contribution in [0.5, 0.6) is 0 Å². The van der Waals surface area contributed by atoms with Gasteiger partial charge in [0.15, 0.2) is 5.13 Å². The standard InChI is InChI=1S/C11H13N5S/c12-9-5-6-13-10(15-9)16-11-14-7-3-1-2-4-8(7)17-11/h5-6H,1-4H2,(H3,12,13,14,15,16). The zero-order valence-corrected chi connectivity index (χ0v) is 10.1. The minimum Gasteiger partial charge on any atom is -0.384 e. The van der Waals surface area contributed by atoms with Crippen LogP contribution >= 0.6 is 11.3 Å². The molecule has 0 atom stereocenters. The van der Waals surface area contributed by atoms with Gasteiger partial charge in [0.1, 0.15) is 5.82 Å². The molecule has 0 amide bonds. The Morgan fingerprint density at radius 1 is 1.24 bits per heavy atom. The van der Waals surface area contributed by atoms with E-state index in [4.69, 9.17) is 5.73 Å². The van der Waals surface area contributed by atoms with Crippen LogP contribution in [0.1, 0.15) is 23.4 Å². The molecule has 0 saturated heterocycles. The molecule has 6 heteroatoms. The molecule has 1 aliphatic carbocycles. The van der Waals surface area contributed by atoms with Gasteiger partial charge in [-0.05, 0) is 31.7 Å². The minimum absolute atomic E-state index is 0.462. The third-order valence-electron chi connectivity index (χ3n) is 2.74. The van der Waals surface area contributed by atoms with Crippen LogP contribution in [0.15, 0.2) is 12.3 Å². The molecule has 0 fully saturated rings. The number of anilines is 3. The van der Waals surface area contributed by atoms with Crippen molar-refractivity contribution in [1.82, 2.24) is 15.0 Å². The summed E-state index contributed by atoms with van der Waals surface area (Å²) in [6, 6.07) is 1.66. The molecule has 0 saturated carbocycles. The van der Waals surface area contributed by atoms with Crippen LogP contribution in [0.3, 0.4) is 0 Å². The van der Waals surface area contributed by atoms with Crippen LogP contribution in [-0.4, -0.2) is 15.0 Å². The Bertz CT molecular complexity index is 513. The van der Waals surface area contributed by atoms with Gasteiger partial charge in [0.2, 0.25) is 5.95 Å². The maximum atomic E-state index is 5.60. The smallest absolute Gasteiger partial charge is 0.230 e. The molecule has 17 heavy (non-hydrogen) atoms. The Hall–Kier alpha value is -1.69. The minimum atomic E-state index is 0.462. The van der Waals surface area contributed by atoms with Crippen molar-refractivity contribution >= 4 is 28.2 Å². The number of aryl methyl sites for hydroxylation is 2. The van der Waals surface area contributed by atoms with Gasteiger partial charge in [-0.25, -0.2) is 9.97 Å². The first-order valence-corrected chi connectivity index (χ1v) is 6.47. The molecule has 5 nitrogen and oxygen atoms in total. The summed E-state index contributed by atoms with van der Waals surface area (Å²) in [5.74, 6) is 0.972. The highest BCUT2D eigenvalue weighted by molar-refractivity contribution is 7.15. The van der Waals surface area contributed by atoms with Gasteiger partial charge in [-0.15, -0.1) is 11.3 Å². The van der Waals surface area contributed by atoms with E-state index in [0.717, 1.165) is 18.0 Å². The Balaban J connectivity index is 1.83. The molecule has 0 aliphatic heterocycles. The lowest BCUT2D eigenvalue weighted by atomic mass is 10.0. The van der Waals surface area contributed by atoms with Crippen molar-refractivity contribution in [2.75, 3.05) is 11.1 Å². The predicted octanol–water partition coefficient (Wildman–Crippen LogP) is 2.14. The van der Waals surface area contributed by atoms with Crippen molar-refractivity contribution in [2.24, 2.45) is 0 Å². The van der Waals surface area contributed by atoms with E-state index >= 15 is 0 Å². The van der Waals surface area contributed by atoms with E-state index in [1.165, 1.54) is 23.4 Å². The SMILES string of the molecule is Nc1ccnc(Nc2nc3c(s2)CCCC3)n1. The maximum Gasteiger partial charge on any atom is 0.230 e. The number of nitrogens with zero attached hydrogens (tertiary/aromatic N) is 3. The van der Waals surface area contributed by atoms with Crippen molar-refractivity contribution in [3.05, 3.63) is 22.8 Å². The number of nitrogens with one attached hydrogen (secondary N) is 1. The van der Waals surface area contributed by atoms with Crippen molar-refractivity contribution in [1.29, 1.82) is 0 Å². The Kier molecular flexibility index (Phi) is 2.64. The number of hydrogen-bond donors (Lipinski definition) is 2. The van der Waals surface area contributed by atoms with Gasteiger partial charge in [0.25, 0.3) is 0 Å². The highest BCUT2D eigenvalue weighted by Crippen LogP contribution is 2.30. The number of nitrogen functional groups attached to an aromatic ring is 1. The number of rotatable bonds is 2. The molecular weight excluding hydrogens is 234 g/mol. The zero-order chi connectivity index (χ0) is 11.7. The molecule has 0 radical (unpaired) electrons. The van der Waals surface area contributed by atoms with Crippen LogP contribution in [0.4, 0.5) is 16.9 Å². The van der Waals surface area contributed by atoms with E-state index < -0.39 is 0 Å². The third-order valence-corrected chi connectivity index (χ3v) is 3.81. The van der Waals surface area contributed by atoms with Gasteiger partial charge in [0, 0.05) is 11.1 Å². The Morgan fingerprint density at radius 3 is 2.94 bits per heavy atom. The van der Waals surface area contributed by atoms with Crippen LogP contribution in [-0.2, 0) is 12.8 Å². The normalized spacial score (nSPS) is 14.4. The molecule has 3 N–H and O–H groups in total. The summed E-state index contributed by atoms with van der Waals surface area (Å²) in [4.78, 5) is 14.2. The van der Waals surface area contributed by atoms with Gasteiger partial charge < -0.3 is 5.73 Å². The summed E-state index contributed by atoms with van der Waals surface area (Å²) in [5, 5.41) is 3.97. The molecule has 3 rings (SSSR count). The van der Waals surface area contributed by atoms with Gasteiger partial charge in [0.05, 0.1) is 5.69 Å². The molecule has 2 aromatic heterocycles. The molecule has 0 unspecified atom stereocenters. The van der Waals surface area contributed by atoms with Crippen LogP contribution in [0.2, 0.25) is 0 Å². The first-order valence-electron chi connectivity index (χ1n) is 5.65. The maximum absolute atomic E-state index is 5.60. The summed E-state index contributed by atoms with van der Waals surface area (Å²) >= 11 is 1.69. The fourth-order valence-electron chi connectivity index (χ4n) is 1.93. The summed E-state index contributed by atoms with van der Waals surface area (Å²) in [6.45, 7) is 0. The number of thiazole rings is 1. The second-order valence-corrected chi connectivity index (χ2v) is 5.11. The van der Waals surface area contributed by atoms with Crippen molar-refractivity contribution in [3.63, 3.8) is 0 Å². The first kappa shape index (κ1) is 10.5. The lowest BCUT2D eigenvalue weighted by Gasteiger charge is -2.06. The fourth-order valence-corrected chi connectivity index (χ4v) is 2.98. The topological polar surface area (TPSA) is 76.7 Å². The Morgan fingerprint density at radius 2 is 2.12 bits per heavy atom. The molecule has 0 aromatic carbocycles. The van der Waals surface area contributed by atoms with Crippen LogP contribution in [0.25, 0.3) is 0 Å². The van der Waals surface area contributed by atoms with E-state index in [1.54, 1.807) is 23.6 Å². The largest absolute Gasteiger partial charge is 0.384 e. The van der Waals surface area contributed by atoms with Gasteiger partial charge in [-0.2, -0.15) is 4.98 Å². The van der Waals surface area contributed by atoms with Crippen molar-refractivity contribution in [3.8, 4) is 0 Å². The number of aromatic nitrogens is 3. The lowest BCUT2D eigenvalue weighted by Crippen LogP contribution is -2.00. The molecular formula is C11H13N5S. The second kappa shape index (κ2) is 4.29. The summed E-state index contributed by atoms with van der Waals surface area (Å²) in [7, 11) is 0. The van der Waals surface area contributed by atoms with E-state index in [2.05, 4.69) is 20.3 Å². The predicted molar refractivity (Wildman–Crippen MR) is 68.5 cm³/mol. The molecule has 2 heterocycles. The highest BCUT2D eigenvalue weighted by atomic mass is 32.1. The number of hydrogen-bond acceptors (Lipinski definition) is 6. The average Bonchev–Trinajstić information content (AvgIpc) is 2.71. The van der Waals surface area contributed by atoms with Crippen molar-refractivity contribution < 1.29 is 0 Å².